The molecule has 0 radical (unpaired) electrons. The fraction of sp³-hybridized carbons (Fsp3) is 0.250. The van der Waals surface area contributed by atoms with E-state index in [1.54, 1.807) is 22.7 Å². The van der Waals surface area contributed by atoms with Crippen LogP contribution in [0.15, 0.2) is 59.3 Å². The van der Waals surface area contributed by atoms with Gasteiger partial charge in [-0.15, -0.1) is 22.7 Å². The maximum absolute atomic E-state index is 4.68. The van der Waals surface area contributed by atoms with E-state index in [-0.39, 0.29) is 0 Å². The van der Waals surface area contributed by atoms with E-state index in [4.69, 9.17) is 0 Å². The van der Waals surface area contributed by atoms with Crippen LogP contribution in [0, 0.1) is 0 Å². The molecular weight excluding hydrogens is 408 g/mol. The van der Waals surface area contributed by atoms with E-state index in [0.717, 1.165) is 58.7 Å². The first kappa shape index (κ1) is 20.6. The van der Waals surface area contributed by atoms with Crippen molar-refractivity contribution < 1.29 is 0 Å². The molecule has 4 rings (SSSR count). The summed E-state index contributed by atoms with van der Waals surface area (Å²) in [6.45, 7) is 6.23. The fourth-order valence-corrected chi connectivity index (χ4v) is 4.60. The topological polar surface area (TPSA) is 49.8 Å². The number of rotatable bonds is 9. The summed E-state index contributed by atoms with van der Waals surface area (Å²) in [6.07, 6.45) is 2.20. The molecule has 0 aliphatic rings. The molecule has 0 unspecified atom stereocenters. The van der Waals surface area contributed by atoms with Gasteiger partial charge in [0.15, 0.2) is 10.3 Å². The second-order valence-electron chi connectivity index (χ2n) is 7.08. The first-order chi connectivity index (χ1) is 14.8. The van der Waals surface area contributed by atoms with Crippen LogP contribution >= 0.6 is 22.7 Å². The lowest BCUT2D eigenvalue weighted by atomic mass is 10.0. The van der Waals surface area contributed by atoms with Gasteiger partial charge in [-0.2, -0.15) is 0 Å². The molecule has 4 aromatic rings. The first-order valence-electron chi connectivity index (χ1n) is 10.4. The Bertz CT molecular complexity index is 978. The van der Waals surface area contributed by atoms with Crippen LogP contribution in [0.2, 0.25) is 0 Å². The second kappa shape index (κ2) is 9.87. The SMILES string of the molecule is CCCNc1nc(-c2ccc(-c3ccc(-c4csc(NCCC)n4)cc3)cc2)cs1. The highest BCUT2D eigenvalue weighted by molar-refractivity contribution is 7.14. The number of benzene rings is 2. The van der Waals surface area contributed by atoms with Crippen LogP contribution in [0.1, 0.15) is 26.7 Å². The van der Waals surface area contributed by atoms with Crippen LogP contribution in [0.3, 0.4) is 0 Å². The van der Waals surface area contributed by atoms with Crippen molar-refractivity contribution in [3.8, 4) is 33.6 Å². The number of nitrogens with one attached hydrogen (secondary N) is 2. The minimum absolute atomic E-state index is 0.958. The summed E-state index contributed by atoms with van der Waals surface area (Å²) in [4.78, 5) is 9.36. The molecular formula is C24H26N4S2. The zero-order chi connectivity index (χ0) is 20.8. The van der Waals surface area contributed by atoms with E-state index in [2.05, 4.69) is 93.7 Å². The predicted octanol–water partition coefficient (Wildman–Crippen LogP) is 7.24. The Hall–Kier alpha value is -2.70. The van der Waals surface area contributed by atoms with Crippen molar-refractivity contribution in [1.82, 2.24) is 9.97 Å². The molecule has 2 aromatic heterocycles. The molecule has 2 N–H and O–H groups in total. The lowest BCUT2D eigenvalue weighted by Crippen LogP contribution is -1.98. The molecule has 0 spiro atoms. The smallest absolute Gasteiger partial charge is 0.183 e. The summed E-state index contributed by atoms with van der Waals surface area (Å²) in [7, 11) is 0. The fourth-order valence-electron chi connectivity index (χ4n) is 3.11. The molecule has 0 fully saturated rings. The van der Waals surface area contributed by atoms with Crippen molar-refractivity contribution in [2.75, 3.05) is 23.7 Å². The van der Waals surface area contributed by atoms with Gasteiger partial charge < -0.3 is 10.6 Å². The molecule has 4 nitrogen and oxygen atoms in total. The Morgan fingerprint density at radius 1 is 0.600 bits per heavy atom. The van der Waals surface area contributed by atoms with Crippen molar-refractivity contribution in [3.05, 3.63) is 59.3 Å². The summed E-state index contributed by atoms with van der Waals surface area (Å²) in [6, 6.07) is 17.2. The molecule has 2 aromatic carbocycles. The molecule has 6 heteroatoms. The third-order valence-electron chi connectivity index (χ3n) is 4.76. The standard InChI is InChI=1S/C24H26N4S2/c1-3-13-25-23-27-21(15-29-23)19-9-5-17(6-10-19)18-7-11-20(12-8-18)22-16-30-24(28-22)26-14-4-2/h5-12,15-16H,3-4,13-14H2,1-2H3,(H,25,27)(H,26,28). The maximum atomic E-state index is 4.68. The van der Waals surface area contributed by atoms with Crippen molar-refractivity contribution in [2.45, 2.75) is 26.7 Å². The van der Waals surface area contributed by atoms with Gasteiger partial charge in [0.2, 0.25) is 0 Å². The Kier molecular flexibility index (Phi) is 6.77. The molecule has 0 atom stereocenters. The number of nitrogens with zero attached hydrogens (tertiary/aromatic N) is 2. The van der Waals surface area contributed by atoms with Gasteiger partial charge in [0.25, 0.3) is 0 Å². The van der Waals surface area contributed by atoms with Crippen LogP contribution in [0.4, 0.5) is 10.3 Å². The Morgan fingerprint density at radius 2 is 0.967 bits per heavy atom. The molecule has 30 heavy (non-hydrogen) atoms. The summed E-state index contributed by atoms with van der Waals surface area (Å²) >= 11 is 3.32. The van der Waals surface area contributed by atoms with Gasteiger partial charge in [0, 0.05) is 35.0 Å². The predicted molar refractivity (Wildman–Crippen MR) is 132 cm³/mol. The van der Waals surface area contributed by atoms with Crippen LogP contribution in [0.25, 0.3) is 33.6 Å². The van der Waals surface area contributed by atoms with Crippen LogP contribution in [-0.4, -0.2) is 23.1 Å². The number of hydrogen-bond donors (Lipinski definition) is 2. The molecule has 0 saturated heterocycles. The van der Waals surface area contributed by atoms with Gasteiger partial charge in [-0.05, 0) is 24.0 Å². The number of anilines is 2. The van der Waals surface area contributed by atoms with Crippen molar-refractivity contribution in [1.29, 1.82) is 0 Å². The van der Waals surface area contributed by atoms with Gasteiger partial charge >= 0.3 is 0 Å². The van der Waals surface area contributed by atoms with Crippen molar-refractivity contribution in [3.63, 3.8) is 0 Å². The molecule has 2 heterocycles. The monoisotopic (exact) mass is 434 g/mol. The van der Waals surface area contributed by atoms with E-state index in [1.807, 2.05) is 0 Å². The third kappa shape index (κ3) is 4.89. The largest absolute Gasteiger partial charge is 0.362 e. The van der Waals surface area contributed by atoms with Gasteiger partial charge in [-0.25, -0.2) is 9.97 Å². The van der Waals surface area contributed by atoms with E-state index < -0.39 is 0 Å². The third-order valence-corrected chi connectivity index (χ3v) is 6.36. The average molecular weight is 435 g/mol. The van der Waals surface area contributed by atoms with Crippen LogP contribution in [-0.2, 0) is 0 Å². The summed E-state index contributed by atoms with van der Waals surface area (Å²) in [5.41, 5.74) is 6.74. The summed E-state index contributed by atoms with van der Waals surface area (Å²) < 4.78 is 0. The lowest BCUT2D eigenvalue weighted by Gasteiger charge is -2.05. The number of thiazole rings is 2. The maximum Gasteiger partial charge on any atom is 0.183 e. The highest BCUT2D eigenvalue weighted by Crippen LogP contribution is 2.30. The molecule has 0 bridgehead atoms. The van der Waals surface area contributed by atoms with Crippen LogP contribution < -0.4 is 10.6 Å². The molecule has 154 valence electrons. The van der Waals surface area contributed by atoms with E-state index in [1.165, 1.54) is 11.1 Å². The second-order valence-corrected chi connectivity index (χ2v) is 8.80. The van der Waals surface area contributed by atoms with Crippen molar-refractivity contribution in [2.24, 2.45) is 0 Å². The first-order valence-corrected chi connectivity index (χ1v) is 12.1. The average Bonchev–Trinajstić information content (AvgIpc) is 3.46. The highest BCUT2D eigenvalue weighted by atomic mass is 32.1. The van der Waals surface area contributed by atoms with Crippen molar-refractivity contribution >= 4 is 32.9 Å². The molecule has 0 aliphatic heterocycles. The Balaban J connectivity index is 1.45. The summed E-state index contributed by atoms with van der Waals surface area (Å²) in [5.74, 6) is 0. The minimum atomic E-state index is 0.958. The van der Waals surface area contributed by atoms with Gasteiger partial charge in [-0.3, -0.25) is 0 Å². The van der Waals surface area contributed by atoms with Crippen LogP contribution in [0.5, 0.6) is 0 Å². The van der Waals surface area contributed by atoms with Gasteiger partial charge in [-0.1, -0.05) is 62.4 Å². The van der Waals surface area contributed by atoms with Gasteiger partial charge in [0.1, 0.15) is 0 Å². The number of aromatic nitrogens is 2. The zero-order valence-corrected chi connectivity index (χ0v) is 18.9. The quantitative estimate of drug-likeness (QED) is 0.291. The lowest BCUT2D eigenvalue weighted by molar-refractivity contribution is 0.976. The minimum Gasteiger partial charge on any atom is -0.362 e. The summed E-state index contributed by atoms with van der Waals surface area (Å²) in [5, 5.41) is 12.9. The van der Waals surface area contributed by atoms with Gasteiger partial charge in [0.05, 0.1) is 11.4 Å². The number of hydrogen-bond acceptors (Lipinski definition) is 6. The Morgan fingerprint density at radius 3 is 1.33 bits per heavy atom. The molecule has 0 aliphatic carbocycles. The Labute approximate surface area is 186 Å². The molecule has 0 amide bonds. The highest BCUT2D eigenvalue weighted by Gasteiger charge is 2.07. The molecule has 0 saturated carbocycles. The van der Waals surface area contributed by atoms with E-state index in [9.17, 15) is 0 Å². The normalized spacial score (nSPS) is 10.9. The zero-order valence-electron chi connectivity index (χ0n) is 17.3. The van der Waals surface area contributed by atoms with E-state index in [0.29, 0.717) is 0 Å². The van der Waals surface area contributed by atoms with E-state index >= 15 is 0 Å².